The van der Waals surface area contributed by atoms with E-state index in [-0.39, 0.29) is 36.8 Å². The van der Waals surface area contributed by atoms with E-state index >= 15 is 0 Å². The van der Waals surface area contributed by atoms with Crippen LogP contribution in [-0.2, 0) is 18.3 Å². The van der Waals surface area contributed by atoms with E-state index in [1.165, 1.54) is 4.88 Å². The molecule has 1 atom stereocenters. The Morgan fingerprint density at radius 1 is 1.31 bits per heavy atom. The minimum atomic E-state index is -0.309. The summed E-state index contributed by atoms with van der Waals surface area (Å²) in [5.74, 6) is 0.142. The van der Waals surface area contributed by atoms with Crippen molar-refractivity contribution in [3.8, 4) is 0 Å². The van der Waals surface area contributed by atoms with Crippen molar-refractivity contribution in [2.24, 2.45) is 7.05 Å². The lowest BCUT2D eigenvalue weighted by atomic mass is 10.1. The van der Waals surface area contributed by atoms with Gasteiger partial charge in [0.15, 0.2) is 0 Å². The van der Waals surface area contributed by atoms with Gasteiger partial charge in [-0.3, -0.25) is 14.4 Å². The number of halogens is 2. The first kappa shape index (κ1) is 22.9. The lowest BCUT2D eigenvalue weighted by Crippen LogP contribution is -2.51. The average Bonchev–Trinajstić information content (AvgIpc) is 3.26. The summed E-state index contributed by atoms with van der Waals surface area (Å²) in [4.78, 5) is 18.6. The number of nitrogens with zero attached hydrogens (tertiary/aromatic N) is 4. The first-order valence-electron chi connectivity index (χ1n) is 8.36. The summed E-state index contributed by atoms with van der Waals surface area (Å²) in [5.41, 5.74) is 0.921. The van der Waals surface area contributed by atoms with Crippen molar-refractivity contribution in [2.45, 2.75) is 12.5 Å². The Bertz CT molecular complexity index is 656. The van der Waals surface area contributed by atoms with Gasteiger partial charge >= 0.3 is 0 Å². The fourth-order valence-corrected chi connectivity index (χ4v) is 3.82. The molecule has 26 heavy (non-hydrogen) atoms. The van der Waals surface area contributed by atoms with Gasteiger partial charge in [0.25, 0.3) is 0 Å². The van der Waals surface area contributed by atoms with Gasteiger partial charge in [-0.05, 0) is 24.9 Å². The molecule has 3 heterocycles. The highest BCUT2D eigenvalue weighted by Crippen LogP contribution is 2.17. The summed E-state index contributed by atoms with van der Waals surface area (Å²) in [7, 11) is 3.69. The molecule has 1 N–H and O–H groups in total. The molecule has 0 aliphatic carbocycles. The number of hydrogen-bond acceptors (Lipinski definition) is 5. The largest absolute Gasteiger partial charge is 0.338 e. The van der Waals surface area contributed by atoms with Crippen LogP contribution in [0, 0.1) is 0 Å². The molecule has 0 spiro atoms. The Balaban J connectivity index is 0.00000169. The predicted molar refractivity (Wildman–Crippen MR) is 111 cm³/mol. The van der Waals surface area contributed by atoms with E-state index in [1.807, 2.05) is 36.5 Å². The molecule has 1 fully saturated rings. The second-order valence-electron chi connectivity index (χ2n) is 6.17. The fraction of sp³-hybridized carbons (Fsp3) is 0.529. The lowest BCUT2D eigenvalue weighted by molar-refractivity contribution is -0.135. The second-order valence-corrected chi connectivity index (χ2v) is 7.20. The molecule has 146 valence electrons. The summed E-state index contributed by atoms with van der Waals surface area (Å²) < 4.78 is 1.73. The highest BCUT2D eigenvalue weighted by Gasteiger charge is 2.28. The normalized spacial score (nSPS) is 15.8. The van der Waals surface area contributed by atoms with E-state index in [2.05, 4.69) is 32.8 Å². The molecule has 1 saturated heterocycles. The van der Waals surface area contributed by atoms with E-state index in [0.29, 0.717) is 0 Å². The molecule has 0 bridgehead atoms. The number of amides is 1. The lowest BCUT2D eigenvalue weighted by Gasteiger charge is -2.36. The Labute approximate surface area is 171 Å². The average molecular weight is 420 g/mol. The van der Waals surface area contributed by atoms with E-state index in [9.17, 15) is 4.79 Å². The summed E-state index contributed by atoms with van der Waals surface area (Å²) in [5, 5.41) is 9.43. The Morgan fingerprint density at radius 2 is 2.04 bits per heavy atom. The molecule has 1 amide bonds. The highest BCUT2D eigenvalue weighted by molar-refractivity contribution is 7.09. The Morgan fingerprint density at radius 3 is 2.58 bits per heavy atom. The van der Waals surface area contributed by atoms with E-state index in [0.717, 1.165) is 44.7 Å². The van der Waals surface area contributed by atoms with Gasteiger partial charge in [-0.1, -0.05) is 6.07 Å². The Hall–Kier alpha value is -1.12. The molecule has 1 aliphatic heterocycles. The molecule has 9 heteroatoms. The zero-order valence-corrected chi connectivity index (χ0v) is 17.6. The van der Waals surface area contributed by atoms with E-state index in [1.54, 1.807) is 10.9 Å². The van der Waals surface area contributed by atoms with Crippen molar-refractivity contribution in [3.63, 3.8) is 0 Å². The van der Waals surface area contributed by atoms with Crippen LogP contribution in [0.15, 0.2) is 29.9 Å². The van der Waals surface area contributed by atoms with Gasteiger partial charge in [0.1, 0.15) is 6.04 Å². The second kappa shape index (κ2) is 10.9. The number of aromatic nitrogens is 2. The van der Waals surface area contributed by atoms with Crippen LogP contribution in [0.2, 0.25) is 0 Å². The van der Waals surface area contributed by atoms with Crippen molar-refractivity contribution in [1.29, 1.82) is 0 Å². The molecule has 2 aromatic heterocycles. The maximum absolute atomic E-state index is 12.8. The van der Waals surface area contributed by atoms with Crippen molar-refractivity contribution < 1.29 is 4.79 Å². The SMILES string of the molecule is CNC(C(=O)N1CCN(CCc2cccs2)CC1)c1cnn(C)c1.Cl.Cl. The van der Waals surface area contributed by atoms with Crippen LogP contribution in [0.1, 0.15) is 16.5 Å². The van der Waals surface area contributed by atoms with Gasteiger partial charge in [-0.25, -0.2) is 0 Å². The summed E-state index contributed by atoms with van der Waals surface area (Å²) >= 11 is 1.82. The monoisotopic (exact) mass is 419 g/mol. The molecule has 0 radical (unpaired) electrons. The first-order chi connectivity index (χ1) is 11.7. The molecule has 1 aliphatic rings. The van der Waals surface area contributed by atoms with Crippen LogP contribution in [0.3, 0.4) is 0 Å². The molecular weight excluding hydrogens is 393 g/mol. The van der Waals surface area contributed by atoms with Crippen LogP contribution in [0.25, 0.3) is 0 Å². The third kappa shape index (κ3) is 5.69. The maximum atomic E-state index is 12.8. The third-order valence-electron chi connectivity index (χ3n) is 4.53. The summed E-state index contributed by atoms with van der Waals surface area (Å²) in [6.45, 7) is 4.55. The van der Waals surface area contributed by atoms with Crippen molar-refractivity contribution in [2.75, 3.05) is 39.8 Å². The number of carbonyl (C=O) groups is 1. The molecule has 2 aromatic rings. The highest BCUT2D eigenvalue weighted by atomic mass is 35.5. The number of aryl methyl sites for hydroxylation is 1. The minimum Gasteiger partial charge on any atom is -0.338 e. The first-order valence-corrected chi connectivity index (χ1v) is 9.24. The zero-order valence-electron chi connectivity index (χ0n) is 15.1. The molecular formula is C17H27Cl2N5OS. The predicted octanol–water partition coefficient (Wildman–Crippen LogP) is 1.97. The van der Waals surface area contributed by atoms with Crippen LogP contribution in [-0.4, -0.2) is 65.3 Å². The quantitative estimate of drug-likeness (QED) is 0.777. The van der Waals surface area contributed by atoms with Gasteiger partial charge < -0.3 is 10.2 Å². The standard InChI is InChI=1S/C17H25N5OS.2ClH/c1-18-16(14-12-19-20(2)13-14)17(23)22-9-7-21(8-10-22)6-5-15-4-3-11-24-15;;/h3-4,11-13,16,18H,5-10H2,1-2H3;2*1H. The fourth-order valence-electron chi connectivity index (χ4n) is 3.12. The molecule has 6 nitrogen and oxygen atoms in total. The van der Waals surface area contributed by atoms with Crippen LogP contribution < -0.4 is 5.32 Å². The maximum Gasteiger partial charge on any atom is 0.244 e. The number of piperazine rings is 1. The number of hydrogen-bond donors (Lipinski definition) is 1. The third-order valence-corrected chi connectivity index (χ3v) is 5.47. The summed E-state index contributed by atoms with van der Waals surface area (Å²) in [6.07, 6.45) is 4.76. The van der Waals surface area contributed by atoms with Gasteiger partial charge in [0.2, 0.25) is 5.91 Å². The molecule has 0 aromatic carbocycles. The summed E-state index contributed by atoms with van der Waals surface area (Å²) in [6, 6.07) is 3.99. The van der Waals surface area contributed by atoms with Crippen molar-refractivity contribution in [3.05, 3.63) is 40.3 Å². The van der Waals surface area contributed by atoms with Crippen LogP contribution >= 0.6 is 36.2 Å². The van der Waals surface area contributed by atoms with Crippen molar-refractivity contribution in [1.82, 2.24) is 24.9 Å². The van der Waals surface area contributed by atoms with Crippen molar-refractivity contribution >= 4 is 42.1 Å². The number of likely N-dealkylation sites (N-methyl/N-ethyl adjacent to an activating group) is 1. The van der Waals surface area contributed by atoms with Gasteiger partial charge in [-0.2, -0.15) is 5.10 Å². The van der Waals surface area contributed by atoms with Gasteiger partial charge in [0.05, 0.1) is 6.20 Å². The Kier molecular flexibility index (Phi) is 9.60. The molecule has 3 rings (SSSR count). The topological polar surface area (TPSA) is 53.4 Å². The van der Waals surface area contributed by atoms with Crippen LogP contribution in [0.4, 0.5) is 0 Å². The number of thiophene rings is 1. The van der Waals surface area contributed by atoms with E-state index in [4.69, 9.17) is 0 Å². The zero-order chi connectivity index (χ0) is 16.9. The number of rotatable bonds is 6. The van der Waals surface area contributed by atoms with Crippen LogP contribution in [0.5, 0.6) is 0 Å². The van der Waals surface area contributed by atoms with Gasteiger partial charge in [0, 0.05) is 56.4 Å². The smallest absolute Gasteiger partial charge is 0.244 e. The minimum absolute atomic E-state index is 0. The van der Waals surface area contributed by atoms with Gasteiger partial charge in [-0.15, -0.1) is 36.2 Å². The van der Waals surface area contributed by atoms with E-state index < -0.39 is 0 Å². The number of nitrogens with one attached hydrogen (secondary N) is 1. The molecule has 1 unspecified atom stereocenters. The molecule has 0 saturated carbocycles. The number of carbonyl (C=O) groups excluding carboxylic acids is 1.